The largest absolute Gasteiger partial charge is 0.354 e. The molecule has 0 bridgehead atoms. The van der Waals surface area contributed by atoms with Gasteiger partial charge in [0.15, 0.2) is 0 Å². The van der Waals surface area contributed by atoms with Crippen LogP contribution in [0.1, 0.15) is 37.3 Å². The van der Waals surface area contributed by atoms with Crippen LogP contribution in [0.25, 0.3) is 10.9 Å². The van der Waals surface area contributed by atoms with Crippen molar-refractivity contribution in [3.05, 3.63) is 70.9 Å². The van der Waals surface area contributed by atoms with Crippen LogP contribution < -0.4 is 5.32 Å². The van der Waals surface area contributed by atoms with Gasteiger partial charge in [0.25, 0.3) is 0 Å². The van der Waals surface area contributed by atoms with Gasteiger partial charge in [-0.15, -0.1) is 0 Å². The second-order valence-corrected chi connectivity index (χ2v) is 7.18. The van der Waals surface area contributed by atoms with Crippen LogP contribution in [-0.4, -0.2) is 16.5 Å². The van der Waals surface area contributed by atoms with Crippen molar-refractivity contribution < 1.29 is 4.79 Å². The molecular formula is C21H23ClN2O. The van der Waals surface area contributed by atoms with Gasteiger partial charge in [-0.25, -0.2) is 0 Å². The van der Waals surface area contributed by atoms with Gasteiger partial charge in [0.1, 0.15) is 0 Å². The molecule has 3 aromatic rings. The Labute approximate surface area is 153 Å². The van der Waals surface area contributed by atoms with Crippen molar-refractivity contribution in [2.24, 2.45) is 7.05 Å². The number of aromatic nitrogens is 1. The van der Waals surface area contributed by atoms with Crippen LogP contribution in [0, 0.1) is 0 Å². The minimum absolute atomic E-state index is 0.0119. The normalized spacial score (nSPS) is 12.5. The van der Waals surface area contributed by atoms with Crippen molar-refractivity contribution in [2.75, 3.05) is 0 Å². The van der Waals surface area contributed by atoms with Crippen LogP contribution in [0.3, 0.4) is 0 Å². The second-order valence-electron chi connectivity index (χ2n) is 6.74. The summed E-state index contributed by atoms with van der Waals surface area (Å²) in [6, 6.07) is 16.2. The number of benzene rings is 2. The molecule has 2 aromatic carbocycles. The minimum Gasteiger partial charge on any atom is -0.354 e. The first-order valence-electron chi connectivity index (χ1n) is 8.54. The van der Waals surface area contributed by atoms with Crippen LogP contribution in [-0.2, 0) is 11.8 Å². The Morgan fingerprint density at radius 3 is 2.48 bits per heavy atom. The molecule has 0 aliphatic carbocycles. The van der Waals surface area contributed by atoms with E-state index in [4.69, 9.17) is 11.6 Å². The molecule has 1 aromatic heterocycles. The van der Waals surface area contributed by atoms with E-state index in [0.29, 0.717) is 11.4 Å². The predicted molar refractivity (Wildman–Crippen MR) is 104 cm³/mol. The van der Waals surface area contributed by atoms with Gasteiger partial charge in [-0.1, -0.05) is 41.9 Å². The lowest BCUT2D eigenvalue weighted by Gasteiger charge is -2.18. The van der Waals surface area contributed by atoms with E-state index in [-0.39, 0.29) is 17.9 Å². The number of fused-ring (bicyclic) bond motifs is 1. The fourth-order valence-electron chi connectivity index (χ4n) is 3.32. The molecule has 0 radical (unpaired) electrons. The van der Waals surface area contributed by atoms with Crippen LogP contribution in [0.2, 0.25) is 5.02 Å². The van der Waals surface area contributed by atoms with E-state index in [0.717, 1.165) is 5.56 Å². The summed E-state index contributed by atoms with van der Waals surface area (Å²) in [5.74, 6) is 0.0463. The van der Waals surface area contributed by atoms with Crippen LogP contribution in [0.15, 0.2) is 54.7 Å². The SMILES string of the molecule is CC(C)NC(=O)C[C@H](c1ccc(Cl)cc1)c1cn(C)c2ccccc12. The van der Waals surface area contributed by atoms with Crippen LogP contribution in [0.5, 0.6) is 0 Å². The number of hydrogen-bond acceptors (Lipinski definition) is 1. The van der Waals surface area contributed by atoms with Crippen LogP contribution in [0.4, 0.5) is 0 Å². The molecule has 3 nitrogen and oxygen atoms in total. The smallest absolute Gasteiger partial charge is 0.221 e. The van der Waals surface area contributed by atoms with E-state index in [1.54, 1.807) is 0 Å². The number of aryl methyl sites for hydroxylation is 1. The van der Waals surface area contributed by atoms with Crippen LogP contribution >= 0.6 is 11.6 Å². The van der Waals surface area contributed by atoms with Gasteiger partial charge in [-0.3, -0.25) is 4.79 Å². The molecule has 1 atom stereocenters. The van der Waals surface area contributed by atoms with Crippen molar-refractivity contribution in [3.63, 3.8) is 0 Å². The molecule has 1 heterocycles. The Kier molecular flexibility index (Phi) is 5.14. The zero-order chi connectivity index (χ0) is 18.0. The molecule has 0 saturated heterocycles. The number of nitrogens with one attached hydrogen (secondary N) is 1. The zero-order valence-corrected chi connectivity index (χ0v) is 15.5. The molecule has 0 spiro atoms. The summed E-state index contributed by atoms with van der Waals surface area (Å²) in [5.41, 5.74) is 3.43. The highest BCUT2D eigenvalue weighted by Gasteiger charge is 2.22. The second kappa shape index (κ2) is 7.32. The molecule has 130 valence electrons. The van der Waals surface area contributed by atoms with E-state index >= 15 is 0 Å². The van der Waals surface area contributed by atoms with Gasteiger partial charge in [0, 0.05) is 47.6 Å². The average Bonchev–Trinajstić information content (AvgIpc) is 2.90. The summed E-state index contributed by atoms with van der Waals surface area (Å²) in [7, 11) is 2.04. The summed E-state index contributed by atoms with van der Waals surface area (Å²) in [5, 5.41) is 4.89. The number of hydrogen-bond donors (Lipinski definition) is 1. The molecule has 0 aliphatic rings. The lowest BCUT2D eigenvalue weighted by Crippen LogP contribution is -2.31. The first-order chi connectivity index (χ1) is 12.0. The maximum atomic E-state index is 12.5. The molecule has 1 amide bonds. The lowest BCUT2D eigenvalue weighted by molar-refractivity contribution is -0.121. The fraction of sp³-hybridized carbons (Fsp3) is 0.286. The summed E-state index contributed by atoms with van der Waals surface area (Å²) in [4.78, 5) is 12.5. The van der Waals surface area contributed by atoms with Crippen molar-refractivity contribution in [1.29, 1.82) is 0 Å². The third-order valence-corrected chi connectivity index (χ3v) is 4.67. The molecule has 0 fully saturated rings. The molecule has 25 heavy (non-hydrogen) atoms. The quantitative estimate of drug-likeness (QED) is 0.696. The number of halogens is 1. The number of rotatable bonds is 5. The first-order valence-corrected chi connectivity index (χ1v) is 8.92. The zero-order valence-electron chi connectivity index (χ0n) is 14.8. The number of carbonyl (C=O) groups is 1. The van der Waals surface area contributed by atoms with Gasteiger partial charge in [0.05, 0.1) is 0 Å². The van der Waals surface area contributed by atoms with Gasteiger partial charge < -0.3 is 9.88 Å². The Balaban J connectivity index is 2.06. The molecular weight excluding hydrogens is 332 g/mol. The Morgan fingerprint density at radius 1 is 1.12 bits per heavy atom. The molecule has 0 saturated carbocycles. The maximum absolute atomic E-state index is 12.5. The fourth-order valence-corrected chi connectivity index (χ4v) is 3.45. The standard InChI is InChI=1S/C21H23ClN2O/c1-14(2)23-21(25)12-18(15-8-10-16(22)11-9-15)19-13-24(3)20-7-5-4-6-17(19)20/h4-11,13-14,18H,12H2,1-3H3,(H,23,25)/t18-/m1/s1. The van der Waals surface area contributed by atoms with Gasteiger partial charge >= 0.3 is 0 Å². The Bertz CT molecular complexity index is 881. The molecule has 0 aliphatic heterocycles. The molecule has 1 N–H and O–H groups in total. The Hall–Kier alpha value is -2.26. The predicted octanol–water partition coefficient (Wildman–Crippen LogP) is 4.88. The third-order valence-electron chi connectivity index (χ3n) is 4.41. The van der Waals surface area contributed by atoms with Gasteiger partial charge in [-0.2, -0.15) is 0 Å². The lowest BCUT2D eigenvalue weighted by atomic mass is 9.88. The van der Waals surface area contributed by atoms with Crippen molar-refractivity contribution in [1.82, 2.24) is 9.88 Å². The highest BCUT2D eigenvalue weighted by atomic mass is 35.5. The Morgan fingerprint density at radius 2 is 1.80 bits per heavy atom. The highest BCUT2D eigenvalue weighted by molar-refractivity contribution is 6.30. The summed E-state index contributed by atoms with van der Waals surface area (Å²) >= 11 is 6.05. The number of nitrogens with zero attached hydrogens (tertiary/aromatic N) is 1. The van der Waals surface area contributed by atoms with E-state index in [2.05, 4.69) is 28.2 Å². The average molecular weight is 355 g/mol. The van der Waals surface area contributed by atoms with Gasteiger partial charge in [-0.05, 0) is 43.2 Å². The maximum Gasteiger partial charge on any atom is 0.221 e. The molecule has 3 rings (SSSR count). The number of amides is 1. The summed E-state index contributed by atoms with van der Waals surface area (Å²) in [6.07, 6.45) is 2.54. The highest BCUT2D eigenvalue weighted by Crippen LogP contribution is 2.34. The van der Waals surface area contributed by atoms with E-state index in [9.17, 15) is 4.79 Å². The summed E-state index contributed by atoms with van der Waals surface area (Å²) in [6.45, 7) is 3.96. The molecule has 4 heteroatoms. The first kappa shape index (κ1) is 17.6. The molecule has 0 unspecified atom stereocenters. The topological polar surface area (TPSA) is 34.0 Å². The van der Waals surface area contributed by atoms with E-state index in [1.165, 1.54) is 16.5 Å². The van der Waals surface area contributed by atoms with Crippen molar-refractivity contribution in [3.8, 4) is 0 Å². The van der Waals surface area contributed by atoms with E-state index in [1.807, 2.05) is 57.3 Å². The third kappa shape index (κ3) is 3.88. The summed E-state index contributed by atoms with van der Waals surface area (Å²) < 4.78 is 2.12. The van der Waals surface area contributed by atoms with Gasteiger partial charge in [0.2, 0.25) is 5.91 Å². The van der Waals surface area contributed by atoms with E-state index < -0.39 is 0 Å². The number of para-hydroxylation sites is 1. The number of carbonyl (C=O) groups excluding carboxylic acids is 1. The monoisotopic (exact) mass is 354 g/mol. The minimum atomic E-state index is -0.0119. The van der Waals surface area contributed by atoms with Crippen molar-refractivity contribution in [2.45, 2.75) is 32.2 Å². The van der Waals surface area contributed by atoms with Crippen molar-refractivity contribution >= 4 is 28.4 Å².